The summed E-state index contributed by atoms with van der Waals surface area (Å²) in [4.78, 5) is 31.1. The lowest BCUT2D eigenvalue weighted by Gasteiger charge is -2.36. The third kappa shape index (κ3) is 4.21. The minimum absolute atomic E-state index is 0.0625. The number of nitrogens with one attached hydrogen (secondary N) is 1. The lowest BCUT2D eigenvalue weighted by molar-refractivity contribution is -0.117. The molecule has 2 heterocycles. The number of carbonyl (C=O) groups is 2. The molecule has 29 heavy (non-hydrogen) atoms. The summed E-state index contributed by atoms with van der Waals surface area (Å²) in [6.07, 6.45) is 0.350. The first kappa shape index (κ1) is 19.3. The Balaban J connectivity index is 1.31. The summed E-state index contributed by atoms with van der Waals surface area (Å²) in [5, 5.41) is 3.07. The molecule has 2 saturated heterocycles. The van der Waals surface area contributed by atoms with E-state index in [1.54, 1.807) is 4.90 Å². The molecule has 6 nitrogen and oxygen atoms in total. The van der Waals surface area contributed by atoms with Crippen LogP contribution in [0.15, 0.2) is 48.5 Å². The molecule has 0 spiro atoms. The highest BCUT2D eigenvalue weighted by atomic mass is 16.2. The van der Waals surface area contributed by atoms with Crippen LogP contribution in [0.3, 0.4) is 0 Å². The average molecular weight is 393 g/mol. The first-order chi connectivity index (χ1) is 14.0. The molecule has 1 unspecified atom stereocenters. The molecule has 0 radical (unpaired) electrons. The van der Waals surface area contributed by atoms with E-state index < -0.39 is 0 Å². The number of hydrogen-bond acceptors (Lipinski definition) is 3. The topological polar surface area (TPSA) is 55.9 Å². The van der Waals surface area contributed by atoms with Gasteiger partial charge in [0.05, 0.1) is 6.04 Å². The Labute approximate surface area is 172 Å². The van der Waals surface area contributed by atoms with E-state index in [2.05, 4.69) is 29.3 Å². The number of piperazine rings is 1. The van der Waals surface area contributed by atoms with Gasteiger partial charge in [0.15, 0.2) is 0 Å². The number of amides is 3. The highest BCUT2D eigenvalue weighted by Gasteiger charge is 2.33. The van der Waals surface area contributed by atoms with Crippen molar-refractivity contribution in [2.45, 2.75) is 26.3 Å². The average Bonchev–Trinajstić information content (AvgIpc) is 3.10. The van der Waals surface area contributed by atoms with Gasteiger partial charge in [-0.3, -0.25) is 4.79 Å². The Morgan fingerprint density at radius 3 is 2.34 bits per heavy atom. The number of urea groups is 1. The summed E-state index contributed by atoms with van der Waals surface area (Å²) in [7, 11) is 0. The molecule has 2 aliphatic rings. The molecular formula is C23H28N4O2. The Bertz CT molecular complexity index is 891. The van der Waals surface area contributed by atoms with Gasteiger partial charge < -0.3 is 20.0 Å². The van der Waals surface area contributed by atoms with Crippen LogP contribution in [-0.2, 0) is 4.79 Å². The normalized spacial score (nSPS) is 19.6. The molecule has 0 aliphatic carbocycles. The third-order valence-corrected chi connectivity index (χ3v) is 5.94. The van der Waals surface area contributed by atoms with Gasteiger partial charge in [-0.05, 0) is 49.2 Å². The van der Waals surface area contributed by atoms with Crippen LogP contribution in [0, 0.1) is 13.8 Å². The molecule has 0 saturated carbocycles. The van der Waals surface area contributed by atoms with Crippen LogP contribution in [0.2, 0.25) is 0 Å². The van der Waals surface area contributed by atoms with Gasteiger partial charge in [-0.15, -0.1) is 0 Å². The van der Waals surface area contributed by atoms with Crippen molar-refractivity contribution in [3.05, 3.63) is 59.7 Å². The third-order valence-electron chi connectivity index (χ3n) is 5.94. The molecule has 1 N–H and O–H groups in total. The van der Waals surface area contributed by atoms with Gasteiger partial charge in [-0.1, -0.05) is 24.3 Å². The fourth-order valence-electron chi connectivity index (χ4n) is 4.02. The lowest BCUT2D eigenvalue weighted by Crippen LogP contribution is -2.53. The maximum absolute atomic E-state index is 12.7. The summed E-state index contributed by atoms with van der Waals surface area (Å²) >= 11 is 0. The minimum atomic E-state index is -0.149. The van der Waals surface area contributed by atoms with Crippen molar-refractivity contribution in [2.24, 2.45) is 0 Å². The number of rotatable bonds is 3. The molecule has 2 aliphatic heterocycles. The van der Waals surface area contributed by atoms with Gasteiger partial charge in [0.25, 0.3) is 0 Å². The molecule has 2 fully saturated rings. The number of aryl methyl sites for hydroxylation is 2. The number of para-hydroxylation sites is 1. The first-order valence-corrected chi connectivity index (χ1v) is 10.2. The van der Waals surface area contributed by atoms with Crippen molar-refractivity contribution in [1.29, 1.82) is 0 Å². The van der Waals surface area contributed by atoms with Crippen LogP contribution < -0.4 is 15.1 Å². The number of hydrogen-bond donors (Lipinski definition) is 1. The quantitative estimate of drug-likeness (QED) is 0.874. The Morgan fingerprint density at radius 1 is 0.931 bits per heavy atom. The number of carbonyl (C=O) groups excluding carboxylic acids is 2. The molecule has 1 atom stereocenters. The summed E-state index contributed by atoms with van der Waals surface area (Å²) in [6, 6.07) is 16.1. The van der Waals surface area contributed by atoms with Crippen molar-refractivity contribution in [3.8, 4) is 0 Å². The summed E-state index contributed by atoms with van der Waals surface area (Å²) in [5.74, 6) is 0.0625. The second-order valence-corrected chi connectivity index (χ2v) is 7.93. The molecule has 4 rings (SSSR count). The van der Waals surface area contributed by atoms with E-state index >= 15 is 0 Å². The molecule has 0 bridgehead atoms. The van der Waals surface area contributed by atoms with Crippen LogP contribution in [0.4, 0.5) is 16.2 Å². The Kier molecular flexibility index (Phi) is 5.43. The molecule has 6 heteroatoms. The predicted octanol–water partition coefficient (Wildman–Crippen LogP) is 2.94. The number of anilines is 2. The van der Waals surface area contributed by atoms with Crippen LogP contribution in [0.1, 0.15) is 17.5 Å². The van der Waals surface area contributed by atoms with Gasteiger partial charge in [0, 0.05) is 50.5 Å². The van der Waals surface area contributed by atoms with E-state index in [-0.39, 0.29) is 18.0 Å². The SMILES string of the molecule is Cc1ccc(N2CC(NC(=O)N3CCN(c4ccccc4)CC3)CC2=O)cc1C. The zero-order valence-electron chi connectivity index (χ0n) is 17.1. The molecule has 2 aromatic rings. The molecule has 0 aromatic heterocycles. The maximum atomic E-state index is 12.7. The summed E-state index contributed by atoms with van der Waals surface area (Å²) < 4.78 is 0. The molecule has 2 aromatic carbocycles. The molecule has 3 amide bonds. The molecule has 152 valence electrons. The maximum Gasteiger partial charge on any atom is 0.317 e. The Morgan fingerprint density at radius 2 is 1.66 bits per heavy atom. The standard InChI is InChI=1S/C23H28N4O2/c1-17-8-9-21(14-18(17)2)27-16-19(15-22(27)28)24-23(29)26-12-10-25(11-13-26)20-6-4-3-5-7-20/h3-9,14,19H,10-13,15-16H2,1-2H3,(H,24,29). The van der Waals surface area contributed by atoms with Crippen molar-refractivity contribution in [1.82, 2.24) is 10.2 Å². The minimum Gasteiger partial charge on any atom is -0.368 e. The van der Waals surface area contributed by atoms with Crippen LogP contribution >= 0.6 is 0 Å². The monoisotopic (exact) mass is 392 g/mol. The smallest absolute Gasteiger partial charge is 0.317 e. The predicted molar refractivity (Wildman–Crippen MR) is 115 cm³/mol. The van der Waals surface area contributed by atoms with Gasteiger partial charge in [-0.25, -0.2) is 4.79 Å². The summed E-state index contributed by atoms with van der Waals surface area (Å²) in [6.45, 7) is 7.63. The van der Waals surface area contributed by atoms with Crippen molar-refractivity contribution in [3.63, 3.8) is 0 Å². The van der Waals surface area contributed by atoms with Crippen LogP contribution in [0.25, 0.3) is 0 Å². The van der Waals surface area contributed by atoms with Crippen LogP contribution in [0.5, 0.6) is 0 Å². The lowest BCUT2D eigenvalue weighted by atomic mass is 10.1. The fraction of sp³-hybridized carbons (Fsp3) is 0.391. The van der Waals surface area contributed by atoms with E-state index in [9.17, 15) is 9.59 Å². The van der Waals surface area contributed by atoms with E-state index in [4.69, 9.17) is 0 Å². The van der Waals surface area contributed by atoms with Gasteiger partial charge in [-0.2, -0.15) is 0 Å². The Hall–Kier alpha value is -3.02. The van der Waals surface area contributed by atoms with E-state index in [1.165, 1.54) is 16.8 Å². The zero-order chi connectivity index (χ0) is 20.4. The van der Waals surface area contributed by atoms with E-state index in [0.717, 1.165) is 18.8 Å². The van der Waals surface area contributed by atoms with E-state index in [0.29, 0.717) is 26.1 Å². The highest BCUT2D eigenvalue weighted by Crippen LogP contribution is 2.24. The van der Waals surface area contributed by atoms with Crippen molar-refractivity contribution >= 4 is 23.3 Å². The largest absolute Gasteiger partial charge is 0.368 e. The summed E-state index contributed by atoms with van der Waals surface area (Å²) in [5.41, 5.74) is 4.48. The van der Waals surface area contributed by atoms with E-state index in [1.807, 2.05) is 48.2 Å². The van der Waals surface area contributed by atoms with Crippen LogP contribution in [-0.4, -0.2) is 55.6 Å². The van der Waals surface area contributed by atoms with Crippen molar-refractivity contribution in [2.75, 3.05) is 42.5 Å². The van der Waals surface area contributed by atoms with Gasteiger partial charge >= 0.3 is 6.03 Å². The van der Waals surface area contributed by atoms with Crippen molar-refractivity contribution < 1.29 is 9.59 Å². The second kappa shape index (κ2) is 8.15. The highest BCUT2D eigenvalue weighted by molar-refractivity contribution is 5.97. The first-order valence-electron chi connectivity index (χ1n) is 10.2. The fourth-order valence-corrected chi connectivity index (χ4v) is 4.02. The number of nitrogens with zero attached hydrogens (tertiary/aromatic N) is 3. The van der Waals surface area contributed by atoms with Gasteiger partial charge in [0.1, 0.15) is 0 Å². The zero-order valence-corrected chi connectivity index (χ0v) is 17.1. The molecular weight excluding hydrogens is 364 g/mol. The number of benzene rings is 2. The van der Waals surface area contributed by atoms with Gasteiger partial charge in [0.2, 0.25) is 5.91 Å². The second-order valence-electron chi connectivity index (χ2n) is 7.93.